The molecule has 4 aromatic rings. The Hall–Kier alpha value is -4.37. The lowest BCUT2D eigenvalue weighted by molar-refractivity contribution is -0.130. The number of carbonyl (C=O) groups excluding carboxylic acids is 3. The molecule has 0 spiro atoms. The van der Waals surface area contributed by atoms with Crippen molar-refractivity contribution in [2.45, 2.75) is 77.9 Å². The van der Waals surface area contributed by atoms with Gasteiger partial charge in [0.15, 0.2) is 0 Å². The molecule has 0 aliphatic heterocycles. The zero-order valence-corrected chi connectivity index (χ0v) is 30.7. The van der Waals surface area contributed by atoms with E-state index in [1.54, 1.807) is 35.1 Å². The number of hydrogen-bond acceptors (Lipinski definition) is 10. The first-order chi connectivity index (χ1) is 24.0. The van der Waals surface area contributed by atoms with E-state index in [9.17, 15) is 19.5 Å². The molecular weight excluding hydrogens is 675 g/mol. The highest BCUT2D eigenvalue weighted by Crippen LogP contribution is 2.20. The quantitative estimate of drug-likeness (QED) is 0.107. The fourth-order valence-corrected chi connectivity index (χ4v) is 6.41. The summed E-state index contributed by atoms with van der Waals surface area (Å²) in [6, 6.07) is 17.0. The third kappa shape index (κ3) is 12.2. The van der Waals surface area contributed by atoms with Gasteiger partial charge < -0.3 is 25.4 Å². The number of rotatable bonds is 17. The van der Waals surface area contributed by atoms with Crippen molar-refractivity contribution in [3.8, 4) is 0 Å². The molecule has 0 radical (unpaired) electrons. The Kier molecular flexibility index (Phi) is 14.7. The van der Waals surface area contributed by atoms with Crippen LogP contribution in [0.2, 0.25) is 0 Å². The van der Waals surface area contributed by atoms with Gasteiger partial charge in [0.05, 0.1) is 39.8 Å². The summed E-state index contributed by atoms with van der Waals surface area (Å²) in [6.45, 7) is 8.44. The Balaban J connectivity index is 1.46. The summed E-state index contributed by atoms with van der Waals surface area (Å²) < 4.78 is 5.41. The SMILES string of the molecule is CC(C)c1nc(CN(C)C(=O)N[C@H](C(=O)NN(Cc2ccccc2)C[C@H](O)[C@H](Cc2ccccc2)NC(=O)OCc2cncs2)C(C)C)cs1. The number of ether oxygens (including phenoxy) is 1. The predicted octanol–water partition coefficient (Wildman–Crippen LogP) is 5.32. The molecule has 0 unspecified atom stereocenters. The highest BCUT2D eigenvalue weighted by atomic mass is 32.1. The first kappa shape index (κ1) is 38.4. The lowest BCUT2D eigenvalue weighted by atomic mass is 10.0. The van der Waals surface area contributed by atoms with E-state index in [1.165, 1.54) is 16.2 Å². The summed E-state index contributed by atoms with van der Waals surface area (Å²) in [7, 11) is 1.67. The number of carbonyl (C=O) groups is 3. The molecule has 0 saturated carbocycles. The van der Waals surface area contributed by atoms with Gasteiger partial charge in [-0.15, -0.1) is 22.7 Å². The van der Waals surface area contributed by atoms with Crippen molar-refractivity contribution in [1.29, 1.82) is 0 Å². The van der Waals surface area contributed by atoms with Gasteiger partial charge in [0.1, 0.15) is 12.6 Å². The minimum Gasteiger partial charge on any atom is -0.444 e. The molecule has 0 aliphatic carbocycles. The number of nitrogens with one attached hydrogen (secondary N) is 3. The Bertz CT molecular complexity index is 1620. The standard InChI is InChI=1S/C36H47N7O5S2/c1-24(2)32(40-35(46)42(5)19-28-22-49-34(38-28)25(3)4)33(45)41-43(18-27-14-10-7-11-15-27)20-31(44)30(16-26-12-8-6-9-13-26)39-36(47)48-21-29-17-37-23-50-29/h6-15,17,22-25,30-32,44H,16,18-21H2,1-5H3,(H,39,47)(H,40,46)(H,41,45)/t30-,31-,32-/m0/s1. The van der Waals surface area contributed by atoms with E-state index in [0.717, 1.165) is 26.7 Å². The predicted molar refractivity (Wildman–Crippen MR) is 195 cm³/mol. The van der Waals surface area contributed by atoms with Crippen molar-refractivity contribution in [3.05, 3.63) is 104 Å². The second-order valence-electron chi connectivity index (χ2n) is 12.8. The van der Waals surface area contributed by atoms with Crippen LogP contribution in [0.15, 0.2) is 77.8 Å². The smallest absolute Gasteiger partial charge is 0.407 e. The average Bonchev–Trinajstić information content (AvgIpc) is 3.79. The van der Waals surface area contributed by atoms with Gasteiger partial charge in [-0.1, -0.05) is 88.4 Å². The third-order valence-electron chi connectivity index (χ3n) is 7.82. The van der Waals surface area contributed by atoms with Crippen LogP contribution in [-0.4, -0.2) is 74.8 Å². The first-order valence-electron chi connectivity index (χ1n) is 16.6. The summed E-state index contributed by atoms with van der Waals surface area (Å²) in [5.74, 6) is -0.382. The minimum atomic E-state index is -1.12. The van der Waals surface area contributed by atoms with E-state index < -0.39 is 36.2 Å². The van der Waals surface area contributed by atoms with E-state index in [2.05, 4.69) is 39.9 Å². The summed E-state index contributed by atoms with van der Waals surface area (Å²) in [5, 5.41) is 21.9. The van der Waals surface area contributed by atoms with Crippen molar-refractivity contribution < 1.29 is 24.2 Å². The van der Waals surface area contributed by atoms with Crippen LogP contribution >= 0.6 is 22.7 Å². The monoisotopic (exact) mass is 721 g/mol. The van der Waals surface area contributed by atoms with Crippen molar-refractivity contribution in [2.75, 3.05) is 13.6 Å². The fourth-order valence-electron chi connectivity index (χ4n) is 5.08. The van der Waals surface area contributed by atoms with Gasteiger partial charge in [-0.3, -0.25) is 15.2 Å². The Labute approximate surface area is 301 Å². The molecule has 2 heterocycles. The Morgan fingerprint density at radius 3 is 2.20 bits per heavy atom. The van der Waals surface area contributed by atoms with Gasteiger partial charge in [0, 0.05) is 37.6 Å². The molecule has 50 heavy (non-hydrogen) atoms. The number of thiazole rings is 2. The fraction of sp³-hybridized carbons (Fsp3) is 0.417. The van der Waals surface area contributed by atoms with Crippen LogP contribution < -0.4 is 16.1 Å². The van der Waals surface area contributed by atoms with Crippen LogP contribution in [0.25, 0.3) is 0 Å². The molecule has 4 rings (SSSR count). The molecule has 4 N–H and O–H groups in total. The lowest BCUT2D eigenvalue weighted by Crippen LogP contribution is -2.58. The number of urea groups is 1. The second-order valence-corrected chi connectivity index (χ2v) is 14.6. The molecule has 2 aromatic carbocycles. The van der Waals surface area contributed by atoms with Crippen LogP contribution in [-0.2, 0) is 35.6 Å². The number of benzene rings is 2. The Morgan fingerprint density at radius 1 is 0.920 bits per heavy atom. The molecule has 0 fully saturated rings. The molecular formula is C36H47N7O5S2. The van der Waals surface area contributed by atoms with Gasteiger partial charge in [0.25, 0.3) is 5.91 Å². The molecule has 268 valence electrons. The molecule has 0 saturated heterocycles. The molecule has 12 nitrogen and oxygen atoms in total. The maximum Gasteiger partial charge on any atom is 0.407 e. The van der Waals surface area contributed by atoms with Crippen LogP contribution in [0.3, 0.4) is 0 Å². The number of hydrazine groups is 1. The Morgan fingerprint density at radius 2 is 1.60 bits per heavy atom. The normalized spacial score (nSPS) is 13.1. The number of nitrogens with zero attached hydrogens (tertiary/aromatic N) is 4. The maximum absolute atomic E-state index is 13.8. The number of aliphatic hydroxyl groups is 1. The van der Waals surface area contributed by atoms with Gasteiger partial charge in [-0.05, 0) is 23.5 Å². The third-order valence-corrected chi connectivity index (χ3v) is 9.77. The van der Waals surface area contributed by atoms with Gasteiger partial charge in [-0.25, -0.2) is 19.6 Å². The zero-order valence-electron chi connectivity index (χ0n) is 29.1. The molecule has 0 bridgehead atoms. The highest BCUT2D eigenvalue weighted by molar-refractivity contribution is 7.09. The largest absolute Gasteiger partial charge is 0.444 e. The van der Waals surface area contributed by atoms with E-state index >= 15 is 0 Å². The second kappa shape index (κ2) is 19.1. The molecule has 2 aromatic heterocycles. The van der Waals surface area contributed by atoms with Crippen LogP contribution in [0, 0.1) is 5.92 Å². The van der Waals surface area contributed by atoms with E-state index in [1.807, 2.05) is 79.9 Å². The van der Waals surface area contributed by atoms with Crippen molar-refractivity contribution >= 4 is 40.7 Å². The van der Waals surface area contributed by atoms with E-state index in [0.29, 0.717) is 18.9 Å². The number of hydrogen-bond donors (Lipinski definition) is 4. The first-order valence-corrected chi connectivity index (χ1v) is 18.3. The van der Waals surface area contributed by atoms with Crippen molar-refractivity contribution in [2.24, 2.45) is 5.92 Å². The number of aromatic nitrogens is 2. The van der Waals surface area contributed by atoms with Crippen LogP contribution in [0.4, 0.5) is 9.59 Å². The summed E-state index contributed by atoms with van der Waals surface area (Å²) in [5.41, 5.74) is 7.19. The summed E-state index contributed by atoms with van der Waals surface area (Å²) in [4.78, 5) is 50.9. The minimum absolute atomic E-state index is 0.0338. The topological polar surface area (TPSA) is 149 Å². The molecule has 14 heteroatoms. The number of amides is 4. The summed E-state index contributed by atoms with van der Waals surface area (Å²) in [6.07, 6.45) is 0.149. The molecule has 3 atom stereocenters. The van der Waals surface area contributed by atoms with Crippen LogP contribution in [0.1, 0.15) is 60.3 Å². The van der Waals surface area contributed by atoms with Crippen molar-refractivity contribution in [1.82, 2.24) is 35.9 Å². The van der Waals surface area contributed by atoms with Gasteiger partial charge in [-0.2, -0.15) is 0 Å². The highest BCUT2D eigenvalue weighted by Gasteiger charge is 2.30. The number of alkyl carbamates (subject to hydrolysis) is 1. The van der Waals surface area contributed by atoms with Gasteiger partial charge >= 0.3 is 12.1 Å². The summed E-state index contributed by atoms with van der Waals surface area (Å²) >= 11 is 2.94. The van der Waals surface area contributed by atoms with Crippen LogP contribution in [0.5, 0.6) is 0 Å². The lowest BCUT2D eigenvalue weighted by Gasteiger charge is -2.32. The molecule has 4 amide bonds. The average molecular weight is 722 g/mol. The zero-order chi connectivity index (χ0) is 36.0. The van der Waals surface area contributed by atoms with E-state index in [-0.39, 0.29) is 25.6 Å². The van der Waals surface area contributed by atoms with E-state index in [4.69, 9.17) is 4.74 Å². The number of aliphatic hydroxyl groups excluding tert-OH is 1. The molecule has 0 aliphatic rings. The van der Waals surface area contributed by atoms with Crippen molar-refractivity contribution in [3.63, 3.8) is 0 Å². The van der Waals surface area contributed by atoms with Gasteiger partial charge in [0.2, 0.25) is 0 Å². The maximum atomic E-state index is 13.8.